The van der Waals surface area contributed by atoms with Crippen molar-refractivity contribution >= 4 is 30.7 Å². The lowest BCUT2D eigenvalue weighted by Gasteiger charge is -2.27. The Bertz CT molecular complexity index is 358. The second-order valence-electron chi connectivity index (χ2n) is 4.08. The summed E-state index contributed by atoms with van der Waals surface area (Å²) < 4.78 is 0. The summed E-state index contributed by atoms with van der Waals surface area (Å²) in [7, 11) is 0. The summed E-state index contributed by atoms with van der Waals surface area (Å²) in [6.45, 7) is 5.81. The molecule has 1 fully saturated rings. The second kappa shape index (κ2) is 9.97. The predicted molar refractivity (Wildman–Crippen MR) is 80.4 cm³/mol. The van der Waals surface area contributed by atoms with Crippen molar-refractivity contribution in [1.29, 1.82) is 0 Å². The Kier molecular flexibility index (Phi) is 9.51. The second-order valence-corrected chi connectivity index (χ2v) is 4.08. The first-order valence-electron chi connectivity index (χ1n) is 5.97. The van der Waals surface area contributed by atoms with E-state index in [1.165, 1.54) is 0 Å². The highest BCUT2D eigenvalue weighted by Gasteiger charge is 2.09. The summed E-state index contributed by atoms with van der Waals surface area (Å²) in [6.07, 6.45) is 3.26. The standard InChI is InChI=1S/C12H18N4O.2ClH/c17-12(11-1-3-13-4-2-11)15-7-10-16-8-5-14-6-9-16;;/h1-4,14H,5-10H2,(H,15,17);2*1H. The molecule has 2 heterocycles. The van der Waals surface area contributed by atoms with Crippen LogP contribution in [-0.2, 0) is 0 Å². The topological polar surface area (TPSA) is 57.3 Å². The van der Waals surface area contributed by atoms with Gasteiger partial charge in [-0.25, -0.2) is 0 Å². The normalized spacial score (nSPS) is 14.9. The first kappa shape index (κ1) is 18.1. The molecule has 2 rings (SSSR count). The molecule has 0 atom stereocenters. The van der Waals surface area contributed by atoms with E-state index >= 15 is 0 Å². The summed E-state index contributed by atoms with van der Waals surface area (Å²) in [4.78, 5) is 18.0. The fraction of sp³-hybridized carbons (Fsp3) is 0.500. The van der Waals surface area contributed by atoms with Gasteiger partial charge in [0.25, 0.3) is 5.91 Å². The number of carbonyl (C=O) groups excluding carboxylic acids is 1. The van der Waals surface area contributed by atoms with Gasteiger partial charge in [0.05, 0.1) is 0 Å². The quantitative estimate of drug-likeness (QED) is 0.853. The van der Waals surface area contributed by atoms with Crippen LogP contribution in [-0.4, -0.2) is 55.1 Å². The lowest BCUT2D eigenvalue weighted by molar-refractivity contribution is 0.0947. The van der Waals surface area contributed by atoms with Gasteiger partial charge in [0.2, 0.25) is 0 Å². The van der Waals surface area contributed by atoms with E-state index < -0.39 is 0 Å². The SMILES string of the molecule is Cl.Cl.O=C(NCCN1CCNCC1)c1ccncc1. The van der Waals surface area contributed by atoms with Crippen LogP contribution in [0.2, 0.25) is 0 Å². The molecule has 1 aliphatic rings. The van der Waals surface area contributed by atoms with E-state index in [9.17, 15) is 4.79 Å². The van der Waals surface area contributed by atoms with Crippen LogP contribution < -0.4 is 10.6 Å². The maximum atomic E-state index is 11.7. The number of amides is 1. The summed E-state index contributed by atoms with van der Waals surface area (Å²) in [6, 6.07) is 3.44. The monoisotopic (exact) mass is 306 g/mol. The Morgan fingerprint density at radius 1 is 1.26 bits per heavy atom. The van der Waals surface area contributed by atoms with E-state index in [4.69, 9.17) is 0 Å². The van der Waals surface area contributed by atoms with Gasteiger partial charge < -0.3 is 10.6 Å². The van der Waals surface area contributed by atoms with E-state index in [1.54, 1.807) is 24.5 Å². The zero-order valence-corrected chi connectivity index (χ0v) is 12.3. The molecule has 5 nitrogen and oxygen atoms in total. The molecular formula is C12H20Cl2N4O. The molecule has 0 bridgehead atoms. The zero-order valence-electron chi connectivity index (χ0n) is 10.7. The molecule has 0 unspecified atom stereocenters. The maximum absolute atomic E-state index is 11.7. The van der Waals surface area contributed by atoms with Crippen LogP contribution in [0, 0.1) is 0 Å². The van der Waals surface area contributed by atoms with Crippen molar-refractivity contribution < 1.29 is 4.79 Å². The minimum Gasteiger partial charge on any atom is -0.351 e. The Labute approximate surface area is 126 Å². The lowest BCUT2D eigenvalue weighted by atomic mass is 10.2. The number of pyridine rings is 1. The molecule has 0 radical (unpaired) electrons. The maximum Gasteiger partial charge on any atom is 0.251 e. The number of hydrogen-bond acceptors (Lipinski definition) is 4. The number of halogens is 2. The fourth-order valence-electron chi connectivity index (χ4n) is 1.87. The molecule has 0 saturated carbocycles. The smallest absolute Gasteiger partial charge is 0.251 e. The van der Waals surface area contributed by atoms with Crippen molar-refractivity contribution in [2.45, 2.75) is 0 Å². The third-order valence-corrected chi connectivity index (χ3v) is 2.87. The van der Waals surface area contributed by atoms with Gasteiger partial charge in [0, 0.05) is 57.2 Å². The third kappa shape index (κ3) is 6.20. The lowest BCUT2D eigenvalue weighted by Crippen LogP contribution is -2.46. The van der Waals surface area contributed by atoms with E-state index in [0.29, 0.717) is 12.1 Å². The van der Waals surface area contributed by atoms with Crippen LogP contribution in [0.4, 0.5) is 0 Å². The fourth-order valence-corrected chi connectivity index (χ4v) is 1.87. The third-order valence-electron chi connectivity index (χ3n) is 2.87. The van der Waals surface area contributed by atoms with Gasteiger partial charge in [-0.2, -0.15) is 0 Å². The van der Waals surface area contributed by atoms with Crippen molar-refractivity contribution in [2.75, 3.05) is 39.3 Å². The molecule has 1 aromatic heterocycles. The van der Waals surface area contributed by atoms with Crippen molar-refractivity contribution in [1.82, 2.24) is 20.5 Å². The Hall–Kier alpha value is -0.880. The highest BCUT2D eigenvalue weighted by molar-refractivity contribution is 5.93. The Morgan fingerprint density at radius 3 is 2.53 bits per heavy atom. The molecule has 1 amide bonds. The van der Waals surface area contributed by atoms with Crippen LogP contribution in [0.3, 0.4) is 0 Å². The van der Waals surface area contributed by atoms with Crippen molar-refractivity contribution in [3.05, 3.63) is 30.1 Å². The van der Waals surface area contributed by atoms with E-state index in [-0.39, 0.29) is 30.7 Å². The molecule has 0 aliphatic carbocycles. The molecular weight excluding hydrogens is 287 g/mol. The molecule has 0 aromatic carbocycles. The van der Waals surface area contributed by atoms with Crippen LogP contribution in [0.25, 0.3) is 0 Å². The highest BCUT2D eigenvalue weighted by atomic mass is 35.5. The van der Waals surface area contributed by atoms with Gasteiger partial charge in [-0.05, 0) is 12.1 Å². The van der Waals surface area contributed by atoms with Gasteiger partial charge >= 0.3 is 0 Å². The zero-order chi connectivity index (χ0) is 11.9. The Morgan fingerprint density at radius 2 is 1.89 bits per heavy atom. The molecule has 108 valence electrons. The van der Waals surface area contributed by atoms with Gasteiger partial charge in [-0.15, -0.1) is 24.8 Å². The molecule has 1 aliphatic heterocycles. The summed E-state index contributed by atoms with van der Waals surface area (Å²) in [5.74, 6) is -0.0254. The van der Waals surface area contributed by atoms with Crippen LogP contribution in [0.15, 0.2) is 24.5 Å². The average molecular weight is 307 g/mol. The van der Waals surface area contributed by atoms with Crippen LogP contribution in [0.5, 0.6) is 0 Å². The number of carbonyl (C=O) groups is 1. The number of hydrogen-bond donors (Lipinski definition) is 2. The summed E-state index contributed by atoms with van der Waals surface area (Å²) in [5.41, 5.74) is 0.667. The first-order chi connectivity index (χ1) is 8.36. The van der Waals surface area contributed by atoms with Gasteiger partial charge in [0.1, 0.15) is 0 Å². The number of rotatable bonds is 4. The van der Waals surface area contributed by atoms with Crippen LogP contribution in [0.1, 0.15) is 10.4 Å². The number of aromatic nitrogens is 1. The van der Waals surface area contributed by atoms with Crippen LogP contribution >= 0.6 is 24.8 Å². The number of nitrogens with one attached hydrogen (secondary N) is 2. The average Bonchev–Trinajstić information content (AvgIpc) is 2.41. The molecule has 1 saturated heterocycles. The first-order valence-corrected chi connectivity index (χ1v) is 5.97. The predicted octanol–water partition coefficient (Wildman–Crippen LogP) is 0.560. The van der Waals surface area contributed by atoms with Crippen molar-refractivity contribution in [3.8, 4) is 0 Å². The Balaban J connectivity index is 0.00000162. The van der Waals surface area contributed by atoms with Crippen molar-refractivity contribution in [3.63, 3.8) is 0 Å². The van der Waals surface area contributed by atoms with E-state index in [0.717, 1.165) is 32.7 Å². The number of piperazine rings is 1. The molecule has 0 spiro atoms. The van der Waals surface area contributed by atoms with Crippen molar-refractivity contribution in [2.24, 2.45) is 0 Å². The van der Waals surface area contributed by atoms with Gasteiger partial charge in [0.15, 0.2) is 0 Å². The highest BCUT2D eigenvalue weighted by Crippen LogP contribution is 1.95. The van der Waals surface area contributed by atoms with E-state index in [1.807, 2.05) is 0 Å². The largest absolute Gasteiger partial charge is 0.351 e. The molecule has 19 heavy (non-hydrogen) atoms. The summed E-state index contributed by atoms with van der Waals surface area (Å²) >= 11 is 0. The minimum atomic E-state index is -0.0254. The molecule has 2 N–H and O–H groups in total. The van der Waals surface area contributed by atoms with Gasteiger partial charge in [-0.1, -0.05) is 0 Å². The molecule has 7 heteroatoms. The van der Waals surface area contributed by atoms with E-state index in [2.05, 4.69) is 20.5 Å². The number of nitrogens with zero attached hydrogens (tertiary/aromatic N) is 2. The molecule has 1 aromatic rings. The minimum absolute atomic E-state index is 0. The van der Waals surface area contributed by atoms with Gasteiger partial charge in [-0.3, -0.25) is 14.7 Å². The summed E-state index contributed by atoms with van der Waals surface area (Å²) in [5, 5.41) is 6.22.